The molecule has 0 saturated heterocycles. The van der Waals surface area contributed by atoms with Crippen LogP contribution >= 0.6 is 0 Å². The zero-order valence-electron chi connectivity index (χ0n) is 10.2. The Morgan fingerprint density at radius 2 is 2.21 bits per heavy atom. The summed E-state index contributed by atoms with van der Waals surface area (Å²) < 4.78 is 31.1. The molecule has 0 radical (unpaired) electrons. The van der Waals surface area contributed by atoms with Gasteiger partial charge >= 0.3 is 5.97 Å². The lowest BCUT2D eigenvalue weighted by molar-refractivity contribution is 0.0696. The zero-order chi connectivity index (χ0) is 13.8. The van der Waals surface area contributed by atoms with Crippen LogP contribution in [0.2, 0.25) is 0 Å². The molecule has 3 rings (SSSR count). The fraction of sp³-hybridized carbons (Fsp3) is 0.357. The number of rotatable bonds is 3. The van der Waals surface area contributed by atoms with Gasteiger partial charge in [-0.25, -0.2) is 13.6 Å². The molecular weight excluding hydrogens is 254 g/mol. The second-order valence-electron chi connectivity index (χ2n) is 5.04. The van der Waals surface area contributed by atoms with Crippen molar-refractivity contribution in [2.75, 3.05) is 0 Å². The minimum Gasteiger partial charge on any atom is -0.478 e. The van der Waals surface area contributed by atoms with Gasteiger partial charge in [0.25, 0.3) is 5.92 Å². The Bertz CT molecular complexity index is 673. The van der Waals surface area contributed by atoms with Crippen LogP contribution in [0, 0.1) is 12.8 Å². The van der Waals surface area contributed by atoms with Crippen LogP contribution in [0.25, 0.3) is 11.0 Å². The largest absolute Gasteiger partial charge is 0.478 e. The van der Waals surface area contributed by atoms with Crippen LogP contribution < -0.4 is 0 Å². The number of carboxylic acids is 1. The number of aromatic carboxylic acids is 1. The first kappa shape index (κ1) is 12.1. The minimum atomic E-state index is -2.56. The van der Waals surface area contributed by atoms with Crippen molar-refractivity contribution in [1.82, 2.24) is 0 Å². The summed E-state index contributed by atoms with van der Waals surface area (Å²) in [6.07, 6.45) is 0.188. The Balaban J connectivity index is 2.00. The van der Waals surface area contributed by atoms with E-state index >= 15 is 0 Å². The summed E-state index contributed by atoms with van der Waals surface area (Å²) in [5.41, 5.74) is 1.30. The molecule has 0 spiro atoms. The van der Waals surface area contributed by atoms with Gasteiger partial charge in [-0.05, 0) is 31.0 Å². The van der Waals surface area contributed by atoms with E-state index in [0.29, 0.717) is 16.7 Å². The van der Waals surface area contributed by atoms with Crippen molar-refractivity contribution in [1.29, 1.82) is 0 Å². The Labute approximate surface area is 107 Å². The standard InChI is InChI=1S/C14H12F2O3/c1-7-12(13(17)18)10-5-8(2-3-11(10)19-7)4-9-6-14(9,15)16/h2-3,5,9H,4,6H2,1H3,(H,17,18). The molecule has 1 aromatic carbocycles. The Kier molecular flexibility index (Phi) is 2.42. The van der Waals surface area contributed by atoms with Crippen molar-refractivity contribution < 1.29 is 23.1 Å². The SMILES string of the molecule is Cc1oc2ccc(CC3CC3(F)F)cc2c1C(=O)O. The Morgan fingerprint density at radius 1 is 1.53 bits per heavy atom. The second kappa shape index (κ2) is 3.79. The maximum atomic E-state index is 12.9. The molecular formula is C14H12F2O3. The van der Waals surface area contributed by atoms with E-state index in [1.165, 1.54) is 0 Å². The number of carbonyl (C=O) groups is 1. The van der Waals surface area contributed by atoms with Crippen LogP contribution in [0.1, 0.15) is 28.1 Å². The van der Waals surface area contributed by atoms with E-state index in [-0.39, 0.29) is 18.4 Å². The molecule has 3 nitrogen and oxygen atoms in total. The van der Waals surface area contributed by atoms with Gasteiger partial charge in [-0.2, -0.15) is 0 Å². The lowest BCUT2D eigenvalue weighted by Gasteiger charge is -2.00. The van der Waals surface area contributed by atoms with Crippen LogP contribution in [-0.2, 0) is 6.42 Å². The van der Waals surface area contributed by atoms with E-state index in [2.05, 4.69) is 0 Å². The molecule has 1 heterocycles. The molecule has 5 heteroatoms. The molecule has 1 saturated carbocycles. The normalized spacial score (nSPS) is 20.7. The van der Waals surface area contributed by atoms with E-state index in [1.807, 2.05) is 0 Å². The fourth-order valence-corrected chi connectivity index (χ4v) is 2.44. The van der Waals surface area contributed by atoms with Gasteiger partial charge in [0.2, 0.25) is 0 Å². The van der Waals surface area contributed by atoms with Crippen molar-refractivity contribution in [3.05, 3.63) is 35.1 Å². The molecule has 1 aromatic heterocycles. The van der Waals surface area contributed by atoms with Gasteiger partial charge in [-0.1, -0.05) is 6.07 Å². The molecule has 0 aliphatic heterocycles. The number of carboxylic acid groups (broad SMARTS) is 1. The first-order valence-electron chi connectivity index (χ1n) is 6.01. The quantitative estimate of drug-likeness (QED) is 0.922. The van der Waals surface area contributed by atoms with Crippen molar-refractivity contribution in [3.63, 3.8) is 0 Å². The summed E-state index contributed by atoms with van der Waals surface area (Å²) in [6.45, 7) is 1.58. The van der Waals surface area contributed by atoms with E-state index in [1.54, 1.807) is 25.1 Å². The number of fused-ring (bicyclic) bond motifs is 1. The maximum absolute atomic E-state index is 12.9. The third-order valence-corrected chi connectivity index (χ3v) is 3.58. The first-order chi connectivity index (χ1) is 8.88. The lowest BCUT2D eigenvalue weighted by atomic mass is 10.0. The fourth-order valence-electron chi connectivity index (χ4n) is 2.44. The summed E-state index contributed by atoms with van der Waals surface area (Å²) in [5.74, 6) is -3.91. The molecule has 2 aromatic rings. The van der Waals surface area contributed by atoms with Crippen LogP contribution in [0.15, 0.2) is 22.6 Å². The summed E-state index contributed by atoms with van der Waals surface area (Å²) in [5, 5.41) is 9.62. The maximum Gasteiger partial charge on any atom is 0.339 e. The molecule has 1 unspecified atom stereocenters. The predicted octanol–water partition coefficient (Wildman–Crippen LogP) is 3.64. The minimum absolute atomic E-state index is 0.0821. The van der Waals surface area contributed by atoms with E-state index in [4.69, 9.17) is 9.52 Å². The summed E-state index contributed by atoms with van der Waals surface area (Å²) in [6, 6.07) is 5.00. The van der Waals surface area contributed by atoms with Crippen LogP contribution in [0.3, 0.4) is 0 Å². The summed E-state index contributed by atoms with van der Waals surface area (Å²) in [7, 11) is 0. The number of halogens is 2. The van der Waals surface area contributed by atoms with Gasteiger partial charge in [0, 0.05) is 17.7 Å². The number of hydrogen-bond donors (Lipinski definition) is 1. The van der Waals surface area contributed by atoms with Gasteiger partial charge in [-0.3, -0.25) is 0 Å². The molecule has 19 heavy (non-hydrogen) atoms. The molecule has 0 bridgehead atoms. The monoisotopic (exact) mass is 266 g/mol. The van der Waals surface area contributed by atoms with Gasteiger partial charge < -0.3 is 9.52 Å². The number of alkyl halides is 2. The number of hydrogen-bond acceptors (Lipinski definition) is 2. The van der Waals surface area contributed by atoms with Gasteiger partial charge in [0.05, 0.1) is 0 Å². The summed E-state index contributed by atoms with van der Waals surface area (Å²) in [4.78, 5) is 11.2. The van der Waals surface area contributed by atoms with Crippen LogP contribution in [0.5, 0.6) is 0 Å². The van der Waals surface area contributed by atoms with Crippen molar-refractivity contribution in [2.24, 2.45) is 5.92 Å². The third kappa shape index (κ3) is 1.99. The molecule has 1 aliphatic rings. The number of furan rings is 1. The molecule has 1 atom stereocenters. The number of benzene rings is 1. The first-order valence-corrected chi connectivity index (χ1v) is 6.01. The molecule has 1 N–H and O–H groups in total. The molecule has 0 amide bonds. The van der Waals surface area contributed by atoms with E-state index in [0.717, 1.165) is 5.56 Å². The van der Waals surface area contributed by atoms with Crippen molar-refractivity contribution >= 4 is 16.9 Å². The average Bonchev–Trinajstić information content (AvgIpc) is 2.76. The highest BCUT2D eigenvalue weighted by Crippen LogP contribution is 2.50. The topological polar surface area (TPSA) is 50.4 Å². The van der Waals surface area contributed by atoms with Gasteiger partial charge in [0.1, 0.15) is 16.9 Å². The van der Waals surface area contributed by atoms with Crippen molar-refractivity contribution in [2.45, 2.75) is 25.7 Å². The Hall–Kier alpha value is -1.91. The average molecular weight is 266 g/mol. The highest BCUT2D eigenvalue weighted by Gasteiger charge is 2.56. The highest BCUT2D eigenvalue weighted by atomic mass is 19.3. The van der Waals surface area contributed by atoms with Crippen molar-refractivity contribution in [3.8, 4) is 0 Å². The number of aryl methyl sites for hydroxylation is 1. The zero-order valence-corrected chi connectivity index (χ0v) is 10.2. The predicted molar refractivity (Wildman–Crippen MR) is 64.7 cm³/mol. The van der Waals surface area contributed by atoms with Crippen LogP contribution in [0.4, 0.5) is 8.78 Å². The van der Waals surface area contributed by atoms with Crippen LogP contribution in [-0.4, -0.2) is 17.0 Å². The van der Waals surface area contributed by atoms with E-state index in [9.17, 15) is 13.6 Å². The highest BCUT2D eigenvalue weighted by molar-refractivity contribution is 6.03. The van der Waals surface area contributed by atoms with Gasteiger partial charge in [-0.15, -0.1) is 0 Å². The molecule has 100 valence electrons. The Morgan fingerprint density at radius 3 is 2.79 bits per heavy atom. The smallest absolute Gasteiger partial charge is 0.339 e. The van der Waals surface area contributed by atoms with Gasteiger partial charge in [0.15, 0.2) is 0 Å². The molecule has 1 fully saturated rings. The third-order valence-electron chi connectivity index (χ3n) is 3.58. The second-order valence-corrected chi connectivity index (χ2v) is 5.04. The molecule has 1 aliphatic carbocycles. The summed E-state index contributed by atoms with van der Waals surface area (Å²) >= 11 is 0. The lowest BCUT2D eigenvalue weighted by Crippen LogP contribution is -1.99. The van der Waals surface area contributed by atoms with E-state index < -0.39 is 17.8 Å².